The Labute approximate surface area is 153 Å². The second kappa shape index (κ2) is 7.47. The minimum atomic E-state index is -3.24. The van der Waals surface area contributed by atoms with E-state index >= 15 is 0 Å². The first kappa shape index (κ1) is 18.4. The fourth-order valence-corrected chi connectivity index (χ4v) is 3.31. The predicted octanol–water partition coefficient (Wildman–Crippen LogP) is 2.83. The quantitative estimate of drug-likeness (QED) is 0.873. The molecule has 1 aliphatic rings. The normalized spacial score (nSPS) is 14.8. The van der Waals surface area contributed by atoms with Crippen molar-refractivity contribution in [3.05, 3.63) is 59.7 Å². The zero-order valence-corrected chi connectivity index (χ0v) is 15.6. The first-order valence-corrected chi connectivity index (χ1v) is 10.2. The first-order valence-electron chi connectivity index (χ1n) is 8.35. The second-order valence-electron chi connectivity index (χ2n) is 6.49. The fraction of sp³-hybridized carbons (Fsp3) is 0.316. The molecular formula is C19H22N2O4S. The number of likely N-dealkylation sites (tertiary alicyclic amines) is 1. The van der Waals surface area contributed by atoms with Crippen LogP contribution in [0.2, 0.25) is 0 Å². The standard InChI is InChI=1S/C19H22N2O4S/c1-14-5-3-4-6-15(14)13-25-17-11-21(12-17)19(22)20-16-7-9-18(10-8-16)26(2,23)24/h3-10,17H,11-13H2,1-2H3,(H,20,22). The molecule has 26 heavy (non-hydrogen) atoms. The van der Waals surface area contributed by atoms with Gasteiger partial charge in [-0.3, -0.25) is 0 Å². The molecular weight excluding hydrogens is 352 g/mol. The van der Waals surface area contributed by atoms with E-state index in [-0.39, 0.29) is 17.0 Å². The smallest absolute Gasteiger partial charge is 0.322 e. The summed E-state index contributed by atoms with van der Waals surface area (Å²) < 4.78 is 28.7. The largest absolute Gasteiger partial charge is 0.370 e. The Bertz CT molecular complexity index is 888. The number of anilines is 1. The highest BCUT2D eigenvalue weighted by atomic mass is 32.2. The number of carbonyl (C=O) groups is 1. The molecule has 3 rings (SSSR count). The number of nitrogens with zero attached hydrogens (tertiary/aromatic N) is 1. The highest BCUT2D eigenvalue weighted by Crippen LogP contribution is 2.18. The summed E-state index contributed by atoms with van der Waals surface area (Å²) in [6, 6.07) is 14.0. The average Bonchev–Trinajstić information content (AvgIpc) is 2.54. The third-order valence-electron chi connectivity index (χ3n) is 4.40. The Kier molecular flexibility index (Phi) is 5.29. The van der Waals surface area contributed by atoms with Crippen molar-refractivity contribution < 1.29 is 17.9 Å². The molecule has 7 heteroatoms. The van der Waals surface area contributed by atoms with Gasteiger partial charge in [-0.05, 0) is 42.3 Å². The number of ether oxygens (including phenoxy) is 1. The van der Waals surface area contributed by atoms with Crippen molar-refractivity contribution in [3.63, 3.8) is 0 Å². The van der Waals surface area contributed by atoms with Gasteiger partial charge in [0.1, 0.15) is 0 Å². The van der Waals surface area contributed by atoms with Crippen LogP contribution in [0.5, 0.6) is 0 Å². The molecule has 0 aromatic heterocycles. The fourth-order valence-electron chi connectivity index (χ4n) is 2.68. The van der Waals surface area contributed by atoms with Gasteiger partial charge < -0.3 is 15.0 Å². The average molecular weight is 374 g/mol. The Morgan fingerprint density at radius 2 is 1.81 bits per heavy atom. The summed E-state index contributed by atoms with van der Waals surface area (Å²) >= 11 is 0. The lowest BCUT2D eigenvalue weighted by Crippen LogP contribution is -2.56. The Morgan fingerprint density at radius 1 is 1.15 bits per heavy atom. The molecule has 0 aliphatic carbocycles. The number of urea groups is 1. The molecule has 0 spiro atoms. The van der Waals surface area contributed by atoms with Crippen molar-refractivity contribution in [3.8, 4) is 0 Å². The number of aryl methyl sites for hydroxylation is 1. The first-order chi connectivity index (χ1) is 12.3. The molecule has 2 aromatic carbocycles. The van der Waals surface area contributed by atoms with Crippen LogP contribution in [-0.4, -0.2) is 44.8 Å². The lowest BCUT2D eigenvalue weighted by atomic mass is 10.1. The monoisotopic (exact) mass is 374 g/mol. The molecule has 1 heterocycles. The number of sulfone groups is 1. The molecule has 0 radical (unpaired) electrons. The molecule has 1 aliphatic heterocycles. The molecule has 6 nitrogen and oxygen atoms in total. The number of hydrogen-bond donors (Lipinski definition) is 1. The molecule has 0 bridgehead atoms. The molecule has 1 saturated heterocycles. The molecule has 138 valence electrons. The van der Waals surface area contributed by atoms with Gasteiger partial charge in [0, 0.05) is 11.9 Å². The summed E-state index contributed by atoms with van der Waals surface area (Å²) in [4.78, 5) is 14.1. The predicted molar refractivity (Wildman–Crippen MR) is 99.9 cm³/mol. The van der Waals surface area contributed by atoms with Crippen LogP contribution in [0.15, 0.2) is 53.4 Å². The van der Waals surface area contributed by atoms with Crippen LogP contribution in [-0.2, 0) is 21.2 Å². The number of hydrogen-bond acceptors (Lipinski definition) is 4. The topological polar surface area (TPSA) is 75.7 Å². The van der Waals surface area contributed by atoms with E-state index in [9.17, 15) is 13.2 Å². The summed E-state index contributed by atoms with van der Waals surface area (Å²) in [5, 5.41) is 2.76. The molecule has 0 unspecified atom stereocenters. The summed E-state index contributed by atoms with van der Waals surface area (Å²) in [5.74, 6) is 0. The molecule has 2 amide bonds. The van der Waals surface area contributed by atoms with Gasteiger partial charge in [0.2, 0.25) is 0 Å². The summed E-state index contributed by atoms with van der Waals surface area (Å²) in [7, 11) is -3.24. The Morgan fingerprint density at radius 3 is 2.42 bits per heavy atom. The van der Waals surface area contributed by atoms with E-state index in [2.05, 4.69) is 5.32 Å². The Hall–Kier alpha value is -2.38. The van der Waals surface area contributed by atoms with E-state index in [4.69, 9.17) is 4.74 Å². The van der Waals surface area contributed by atoms with Crippen molar-refractivity contribution in [2.45, 2.75) is 24.5 Å². The summed E-state index contributed by atoms with van der Waals surface area (Å²) in [5.41, 5.74) is 2.91. The number of rotatable bonds is 5. The summed E-state index contributed by atoms with van der Waals surface area (Å²) in [6.45, 7) is 3.67. The van der Waals surface area contributed by atoms with Crippen LogP contribution >= 0.6 is 0 Å². The SMILES string of the molecule is Cc1ccccc1COC1CN(C(=O)Nc2ccc(S(C)(=O)=O)cc2)C1. The van der Waals surface area contributed by atoms with E-state index < -0.39 is 9.84 Å². The van der Waals surface area contributed by atoms with Crippen LogP contribution in [0.25, 0.3) is 0 Å². The molecule has 1 fully saturated rings. The summed E-state index contributed by atoms with van der Waals surface area (Å²) in [6.07, 6.45) is 1.19. The molecule has 0 saturated carbocycles. The van der Waals surface area contributed by atoms with E-state index in [1.807, 2.05) is 31.2 Å². The van der Waals surface area contributed by atoms with Crippen molar-refractivity contribution in [2.75, 3.05) is 24.7 Å². The van der Waals surface area contributed by atoms with Gasteiger partial charge >= 0.3 is 6.03 Å². The lowest BCUT2D eigenvalue weighted by Gasteiger charge is -2.38. The second-order valence-corrected chi connectivity index (χ2v) is 8.51. The molecule has 1 N–H and O–H groups in total. The van der Waals surface area contributed by atoms with E-state index in [0.29, 0.717) is 25.4 Å². The maximum absolute atomic E-state index is 12.2. The zero-order valence-electron chi connectivity index (χ0n) is 14.8. The minimum absolute atomic E-state index is 0.0352. The van der Waals surface area contributed by atoms with Gasteiger partial charge in [0.15, 0.2) is 9.84 Å². The van der Waals surface area contributed by atoms with Gasteiger partial charge in [-0.1, -0.05) is 24.3 Å². The van der Waals surface area contributed by atoms with Crippen LogP contribution in [0.1, 0.15) is 11.1 Å². The Balaban J connectivity index is 1.45. The van der Waals surface area contributed by atoms with Gasteiger partial charge in [-0.15, -0.1) is 0 Å². The van der Waals surface area contributed by atoms with Crippen molar-refractivity contribution >= 4 is 21.6 Å². The van der Waals surface area contributed by atoms with E-state index in [1.54, 1.807) is 17.0 Å². The number of amides is 2. The molecule has 0 atom stereocenters. The lowest BCUT2D eigenvalue weighted by molar-refractivity contribution is -0.0422. The van der Waals surface area contributed by atoms with Crippen LogP contribution < -0.4 is 5.32 Å². The zero-order chi connectivity index (χ0) is 18.7. The maximum atomic E-state index is 12.2. The van der Waals surface area contributed by atoms with E-state index in [0.717, 1.165) is 11.8 Å². The van der Waals surface area contributed by atoms with Crippen LogP contribution in [0.3, 0.4) is 0 Å². The van der Waals surface area contributed by atoms with Crippen LogP contribution in [0.4, 0.5) is 10.5 Å². The van der Waals surface area contributed by atoms with E-state index in [1.165, 1.54) is 17.7 Å². The van der Waals surface area contributed by atoms with Crippen molar-refractivity contribution in [1.82, 2.24) is 4.90 Å². The minimum Gasteiger partial charge on any atom is -0.370 e. The van der Waals surface area contributed by atoms with Crippen molar-refractivity contribution in [1.29, 1.82) is 0 Å². The van der Waals surface area contributed by atoms with Crippen LogP contribution in [0, 0.1) is 6.92 Å². The number of carbonyl (C=O) groups excluding carboxylic acids is 1. The van der Waals surface area contributed by atoms with Gasteiger partial charge in [0.05, 0.1) is 30.7 Å². The van der Waals surface area contributed by atoms with Gasteiger partial charge in [-0.2, -0.15) is 0 Å². The third-order valence-corrected chi connectivity index (χ3v) is 5.53. The van der Waals surface area contributed by atoms with Gasteiger partial charge in [0.25, 0.3) is 0 Å². The molecule has 2 aromatic rings. The number of nitrogens with one attached hydrogen (secondary N) is 1. The maximum Gasteiger partial charge on any atom is 0.322 e. The highest BCUT2D eigenvalue weighted by Gasteiger charge is 2.31. The number of benzene rings is 2. The van der Waals surface area contributed by atoms with Gasteiger partial charge in [-0.25, -0.2) is 13.2 Å². The van der Waals surface area contributed by atoms with Crippen molar-refractivity contribution in [2.24, 2.45) is 0 Å². The third kappa shape index (κ3) is 4.42. The highest BCUT2D eigenvalue weighted by molar-refractivity contribution is 7.90.